The molecule has 0 saturated carbocycles. The van der Waals surface area contributed by atoms with Crippen molar-refractivity contribution in [1.29, 1.82) is 0 Å². The summed E-state index contributed by atoms with van der Waals surface area (Å²) in [7, 11) is 2.63. The zero-order chi connectivity index (χ0) is 15.4. The fraction of sp³-hybridized carbons (Fsp3) is 0.214. The number of esters is 1. The fourth-order valence-corrected chi connectivity index (χ4v) is 1.77. The standard InChI is InChI=1S/C14H13FN2O4/c1-20-12-7-9(15)3-4-10(12)11-5-6-13(18)17(16-11)8-14(19)21-2/h3-7H,8H2,1-2H3. The summed E-state index contributed by atoms with van der Waals surface area (Å²) in [6, 6.07) is 6.71. The van der Waals surface area contributed by atoms with Gasteiger partial charge in [0.15, 0.2) is 0 Å². The molecule has 0 amide bonds. The first kappa shape index (κ1) is 14.7. The molecule has 0 aliphatic rings. The van der Waals surface area contributed by atoms with Crippen LogP contribution in [0.4, 0.5) is 4.39 Å². The minimum Gasteiger partial charge on any atom is -0.496 e. The van der Waals surface area contributed by atoms with Crippen molar-refractivity contribution in [2.75, 3.05) is 14.2 Å². The van der Waals surface area contributed by atoms with Gasteiger partial charge in [0.25, 0.3) is 5.56 Å². The largest absolute Gasteiger partial charge is 0.496 e. The van der Waals surface area contributed by atoms with Gasteiger partial charge in [-0.1, -0.05) is 0 Å². The lowest BCUT2D eigenvalue weighted by atomic mass is 10.1. The molecule has 1 aromatic carbocycles. The first-order valence-corrected chi connectivity index (χ1v) is 6.04. The van der Waals surface area contributed by atoms with Crippen molar-refractivity contribution in [3.8, 4) is 17.0 Å². The third-order valence-corrected chi connectivity index (χ3v) is 2.81. The van der Waals surface area contributed by atoms with E-state index in [0.717, 1.165) is 4.68 Å². The first-order chi connectivity index (χ1) is 10.0. The molecular weight excluding hydrogens is 279 g/mol. The van der Waals surface area contributed by atoms with Gasteiger partial charge >= 0.3 is 5.97 Å². The van der Waals surface area contributed by atoms with Crippen LogP contribution in [0, 0.1) is 5.82 Å². The molecule has 0 aliphatic carbocycles. The normalized spacial score (nSPS) is 10.2. The lowest BCUT2D eigenvalue weighted by Gasteiger charge is -2.09. The maximum atomic E-state index is 13.2. The number of halogens is 1. The van der Waals surface area contributed by atoms with E-state index in [1.807, 2.05) is 0 Å². The quantitative estimate of drug-likeness (QED) is 0.793. The molecule has 2 aromatic rings. The number of nitrogens with zero attached hydrogens (tertiary/aromatic N) is 2. The Morgan fingerprint density at radius 2 is 2.05 bits per heavy atom. The van der Waals surface area contributed by atoms with Gasteiger partial charge in [0.05, 0.1) is 19.9 Å². The van der Waals surface area contributed by atoms with E-state index in [1.165, 1.54) is 44.6 Å². The Balaban J connectivity index is 2.48. The van der Waals surface area contributed by atoms with Crippen LogP contribution in [0.1, 0.15) is 0 Å². The summed E-state index contributed by atoms with van der Waals surface area (Å²) < 4.78 is 23.8. The summed E-state index contributed by atoms with van der Waals surface area (Å²) in [4.78, 5) is 22.9. The van der Waals surface area contributed by atoms with Crippen molar-refractivity contribution in [1.82, 2.24) is 9.78 Å². The van der Waals surface area contributed by atoms with Crippen molar-refractivity contribution in [2.24, 2.45) is 0 Å². The van der Waals surface area contributed by atoms with Gasteiger partial charge in [0.2, 0.25) is 0 Å². The van der Waals surface area contributed by atoms with Gasteiger partial charge in [-0.15, -0.1) is 0 Å². The Labute approximate surface area is 119 Å². The van der Waals surface area contributed by atoms with Crippen LogP contribution in [0.15, 0.2) is 35.1 Å². The van der Waals surface area contributed by atoms with E-state index in [1.54, 1.807) is 0 Å². The monoisotopic (exact) mass is 292 g/mol. The molecule has 0 aliphatic heterocycles. The third kappa shape index (κ3) is 3.25. The Morgan fingerprint density at radius 1 is 1.29 bits per heavy atom. The highest BCUT2D eigenvalue weighted by Crippen LogP contribution is 2.28. The lowest BCUT2D eigenvalue weighted by Crippen LogP contribution is -2.26. The minimum atomic E-state index is -0.590. The summed E-state index contributed by atoms with van der Waals surface area (Å²) in [5.41, 5.74) is 0.457. The Kier molecular flexibility index (Phi) is 4.32. The maximum Gasteiger partial charge on any atom is 0.327 e. The first-order valence-electron chi connectivity index (χ1n) is 6.04. The van der Waals surface area contributed by atoms with Crippen LogP contribution in [0.2, 0.25) is 0 Å². The van der Waals surface area contributed by atoms with E-state index >= 15 is 0 Å². The fourth-order valence-electron chi connectivity index (χ4n) is 1.77. The molecule has 0 radical (unpaired) electrons. The SMILES string of the molecule is COC(=O)Cn1nc(-c2ccc(F)cc2OC)ccc1=O. The number of benzene rings is 1. The van der Waals surface area contributed by atoms with E-state index in [2.05, 4.69) is 9.84 Å². The second-order valence-corrected chi connectivity index (χ2v) is 4.14. The van der Waals surface area contributed by atoms with Crippen LogP contribution in [0.5, 0.6) is 5.75 Å². The molecule has 7 heteroatoms. The molecule has 110 valence electrons. The number of carbonyl (C=O) groups is 1. The highest BCUT2D eigenvalue weighted by molar-refractivity contribution is 5.69. The summed E-state index contributed by atoms with van der Waals surface area (Å²) in [6.07, 6.45) is 0. The van der Waals surface area contributed by atoms with Crippen LogP contribution in [-0.4, -0.2) is 30.0 Å². The molecule has 21 heavy (non-hydrogen) atoms. The lowest BCUT2D eigenvalue weighted by molar-refractivity contribution is -0.141. The van der Waals surface area contributed by atoms with Crippen molar-refractivity contribution < 1.29 is 18.7 Å². The number of hydrogen-bond donors (Lipinski definition) is 0. The Bertz CT molecular complexity index is 727. The van der Waals surface area contributed by atoms with E-state index in [4.69, 9.17) is 4.74 Å². The average molecular weight is 292 g/mol. The predicted molar refractivity (Wildman–Crippen MR) is 72.5 cm³/mol. The Hall–Kier alpha value is -2.70. The second kappa shape index (κ2) is 6.17. The average Bonchev–Trinajstić information content (AvgIpc) is 2.49. The number of methoxy groups -OCH3 is 2. The zero-order valence-electron chi connectivity index (χ0n) is 11.5. The van der Waals surface area contributed by atoms with E-state index in [9.17, 15) is 14.0 Å². The van der Waals surface area contributed by atoms with Crippen molar-refractivity contribution in [3.63, 3.8) is 0 Å². The van der Waals surface area contributed by atoms with Crippen LogP contribution in [0.3, 0.4) is 0 Å². The van der Waals surface area contributed by atoms with Crippen molar-refractivity contribution in [3.05, 3.63) is 46.5 Å². The topological polar surface area (TPSA) is 70.4 Å². The molecule has 0 spiro atoms. The van der Waals surface area contributed by atoms with Gasteiger partial charge in [-0.25, -0.2) is 9.07 Å². The number of ether oxygens (including phenoxy) is 2. The van der Waals surface area contributed by atoms with Gasteiger partial charge in [0.1, 0.15) is 18.1 Å². The molecule has 1 heterocycles. The molecule has 0 unspecified atom stereocenters. The predicted octanol–water partition coefficient (Wildman–Crippen LogP) is 1.23. The van der Waals surface area contributed by atoms with Crippen LogP contribution in [0.25, 0.3) is 11.3 Å². The number of aromatic nitrogens is 2. The molecular formula is C14H13FN2O4. The Morgan fingerprint density at radius 3 is 2.71 bits per heavy atom. The second-order valence-electron chi connectivity index (χ2n) is 4.14. The molecule has 2 rings (SSSR count). The molecule has 0 atom stereocenters. The molecule has 0 fully saturated rings. The number of rotatable bonds is 4. The summed E-state index contributed by atoms with van der Waals surface area (Å²) in [5.74, 6) is -0.753. The maximum absolute atomic E-state index is 13.2. The number of hydrogen-bond acceptors (Lipinski definition) is 5. The summed E-state index contributed by atoms with van der Waals surface area (Å²) in [6.45, 7) is -0.299. The highest BCUT2D eigenvalue weighted by Gasteiger charge is 2.12. The smallest absolute Gasteiger partial charge is 0.327 e. The highest BCUT2D eigenvalue weighted by atomic mass is 19.1. The minimum absolute atomic E-state index is 0.283. The summed E-state index contributed by atoms with van der Waals surface area (Å²) in [5, 5.41) is 4.07. The molecule has 1 aromatic heterocycles. The molecule has 0 saturated heterocycles. The molecule has 0 bridgehead atoms. The molecule has 6 nitrogen and oxygen atoms in total. The van der Waals surface area contributed by atoms with Gasteiger partial charge in [-0.2, -0.15) is 5.10 Å². The van der Waals surface area contributed by atoms with Crippen LogP contribution in [-0.2, 0) is 16.1 Å². The van der Waals surface area contributed by atoms with Gasteiger partial charge in [0, 0.05) is 17.7 Å². The molecule has 0 N–H and O–H groups in total. The van der Waals surface area contributed by atoms with E-state index in [0.29, 0.717) is 11.3 Å². The van der Waals surface area contributed by atoms with E-state index < -0.39 is 17.3 Å². The van der Waals surface area contributed by atoms with Crippen molar-refractivity contribution in [2.45, 2.75) is 6.54 Å². The van der Waals surface area contributed by atoms with Gasteiger partial charge in [-0.05, 0) is 18.2 Å². The summed E-state index contributed by atoms with van der Waals surface area (Å²) >= 11 is 0. The van der Waals surface area contributed by atoms with Crippen LogP contribution < -0.4 is 10.3 Å². The third-order valence-electron chi connectivity index (χ3n) is 2.81. The number of carbonyl (C=O) groups excluding carboxylic acids is 1. The van der Waals surface area contributed by atoms with Gasteiger partial charge < -0.3 is 9.47 Å². The van der Waals surface area contributed by atoms with Gasteiger partial charge in [-0.3, -0.25) is 9.59 Å². The van der Waals surface area contributed by atoms with E-state index in [-0.39, 0.29) is 12.3 Å². The van der Waals surface area contributed by atoms with Crippen LogP contribution >= 0.6 is 0 Å². The zero-order valence-corrected chi connectivity index (χ0v) is 11.5. The van der Waals surface area contributed by atoms with Crippen molar-refractivity contribution >= 4 is 5.97 Å².